The third-order valence-electron chi connectivity index (χ3n) is 2.59. The van der Waals surface area contributed by atoms with Gasteiger partial charge in [0.15, 0.2) is 0 Å². The third kappa shape index (κ3) is 3.34. The van der Waals surface area contributed by atoms with E-state index in [-0.39, 0.29) is 6.54 Å². The van der Waals surface area contributed by atoms with Crippen LogP contribution in [0.3, 0.4) is 0 Å². The first kappa shape index (κ1) is 12.6. The van der Waals surface area contributed by atoms with Crippen LogP contribution in [0.2, 0.25) is 0 Å². The Morgan fingerprint density at radius 3 is 2.50 bits per heavy atom. The Morgan fingerprint density at radius 1 is 1.22 bits per heavy atom. The van der Waals surface area contributed by atoms with E-state index in [4.69, 9.17) is 5.11 Å². The monoisotopic (exact) mass is 261 g/mol. The molecule has 4 heteroatoms. The van der Waals surface area contributed by atoms with Crippen LogP contribution in [0.1, 0.15) is 9.75 Å². The molecule has 0 spiro atoms. The lowest BCUT2D eigenvalue weighted by atomic mass is 10.2. The molecule has 3 nitrogen and oxygen atoms in total. The first-order chi connectivity index (χ1) is 8.65. The average Bonchev–Trinajstić information content (AvgIpc) is 2.75. The van der Waals surface area contributed by atoms with Crippen LogP contribution in [0.4, 0.5) is 5.69 Å². The number of carboxylic acid groups (broad SMARTS) is 1. The largest absolute Gasteiger partial charge is 0.480 e. The summed E-state index contributed by atoms with van der Waals surface area (Å²) in [5.41, 5.74) is 0.936. The fourth-order valence-corrected chi connectivity index (χ4v) is 2.70. The highest BCUT2D eigenvalue weighted by atomic mass is 32.1. The van der Waals surface area contributed by atoms with Crippen molar-refractivity contribution in [1.29, 1.82) is 0 Å². The summed E-state index contributed by atoms with van der Waals surface area (Å²) in [6, 6.07) is 13.7. The fraction of sp³-hybridized carbons (Fsp3) is 0.214. The molecule has 1 aromatic heterocycles. The predicted octanol–water partition coefficient (Wildman–Crippen LogP) is 3.15. The number of hydrogen-bond acceptors (Lipinski definition) is 3. The molecule has 94 valence electrons. The van der Waals surface area contributed by atoms with Gasteiger partial charge in [-0.25, -0.2) is 0 Å². The van der Waals surface area contributed by atoms with Gasteiger partial charge in [0.05, 0.1) is 6.54 Å². The molecule has 0 saturated heterocycles. The number of nitrogens with zero attached hydrogens (tertiary/aromatic N) is 1. The highest BCUT2D eigenvalue weighted by Crippen LogP contribution is 2.21. The quantitative estimate of drug-likeness (QED) is 0.898. The minimum Gasteiger partial charge on any atom is -0.480 e. The molecular formula is C14H15NO2S. The van der Waals surface area contributed by atoms with Crippen LogP contribution in [0.15, 0.2) is 42.5 Å². The summed E-state index contributed by atoms with van der Waals surface area (Å²) in [5.74, 6) is -0.813. The van der Waals surface area contributed by atoms with Crippen molar-refractivity contribution >= 4 is 23.0 Å². The second-order valence-electron chi connectivity index (χ2n) is 4.10. The van der Waals surface area contributed by atoms with Gasteiger partial charge in [0, 0.05) is 15.4 Å². The lowest BCUT2D eigenvalue weighted by Crippen LogP contribution is -2.28. The molecular weight excluding hydrogens is 246 g/mol. The molecule has 0 fully saturated rings. The van der Waals surface area contributed by atoms with E-state index in [1.165, 1.54) is 9.75 Å². The van der Waals surface area contributed by atoms with Gasteiger partial charge >= 0.3 is 5.97 Å². The lowest BCUT2D eigenvalue weighted by Gasteiger charge is -2.22. The summed E-state index contributed by atoms with van der Waals surface area (Å²) in [4.78, 5) is 15.2. The second-order valence-corrected chi connectivity index (χ2v) is 5.47. The van der Waals surface area contributed by atoms with Crippen LogP contribution < -0.4 is 4.90 Å². The van der Waals surface area contributed by atoms with Crippen molar-refractivity contribution in [2.75, 3.05) is 11.4 Å². The number of aryl methyl sites for hydroxylation is 1. The Kier molecular flexibility index (Phi) is 3.99. The van der Waals surface area contributed by atoms with E-state index in [0.717, 1.165) is 5.69 Å². The van der Waals surface area contributed by atoms with Crippen LogP contribution in [0.25, 0.3) is 0 Å². The van der Waals surface area contributed by atoms with Crippen LogP contribution in [0, 0.1) is 6.92 Å². The zero-order chi connectivity index (χ0) is 13.0. The van der Waals surface area contributed by atoms with Crippen molar-refractivity contribution < 1.29 is 9.90 Å². The van der Waals surface area contributed by atoms with Crippen molar-refractivity contribution in [1.82, 2.24) is 0 Å². The van der Waals surface area contributed by atoms with E-state index in [1.54, 1.807) is 11.3 Å². The topological polar surface area (TPSA) is 40.5 Å². The highest BCUT2D eigenvalue weighted by Gasteiger charge is 2.11. The number of benzene rings is 1. The van der Waals surface area contributed by atoms with Crippen LogP contribution >= 0.6 is 11.3 Å². The molecule has 0 aliphatic heterocycles. The maximum Gasteiger partial charge on any atom is 0.323 e. The van der Waals surface area contributed by atoms with Gasteiger partial charge in [-0.15, -0.1) is 11.3 Å². The first-order valence-electron chi connectivity index (χ1n) is 5.72. The number of rotatable bonds is 5. The van der Waals surface area contributed by atoms with E-state index in [9.17, 15) is 4.79 Å². The SMILES string of the molecule is Cc1ccc(CN(CC(=O)O)c2ccccc2)s1. The number of thiophene rings is 1. The number of hydrogen-bond donors (Lipinski definition) is 1. The van der Waals surface area contributed by atoms with Gasteiger partial charge in [0.1, 0.15) is 6.54 Å². The molecule has 1 N–H and O–H groups in total. The molecule has 2 aromatic rings. The molecule has 0 aliphatic rings. The number of anilines is 1. The standard InChI is InChI=1S/C14H15NO2S/c1-11-7-8-13(18-11)9-15(10-14(16)17)12-5-3-2-4-6-12/h2-8H,9-10H2,1H3,(H,16,17). The molecule has 0 bridgehead atoms. The van der Waals surface area contributed by atoms with Crippen LogP contribution in [-0.2, 0) is 11.3 Å². The van der Waals surface area contributed by atoms with E-state index in [2.05, 4.69) is 19.1 Å². The van der Waals surface area contributed by atoms with Gasteiger partial charge < -0.3 is 10.0 Å². The van der Waals surface area contributed by atoms with Crippen molar-refractivity contribution in [3.8, 4) is 0 Å². The maximum atomic E-state index is 10.9. The summed E-state index contributed by atoms with van der Waals surface area (Å²) >= 11 is 1.70. The van der Waals surface area contributed by atoms with Crippen molar-refractivity contribution in [3.63, 3.8) is 0 Å². The van der Waals surface area contributed by atoms with Crippen LogP contribution in [0.5, 0.6) is 0 Å². The van der Waals surface area contributed by atoms with Gasteiger partial charge in [-0.05, 0) is 31.2 Å². The van der Waals surface area contributed by atoms with E-state index >= 15 is 0 Å². The van der Waals surface area contributed by atoms with Crippen LogP contribution in [-0.4, -0.2) is 17.6 Å². The summed E-state index contributed by atoms with van der Waals surface area (Å²) in [7, 11) is 0. The van der Waals surface area contributed by atoms with E-state index in [0.29, 0.717) is 6.54 Å². The van der Waals surface area contributed by atoms with Gasteiger partial charge in [-0.1, -0.05) is 18.2 Å². The molecule has 0 amide bonds. The van der Waals surface area contributed by atoms with Gasteiger partial charge in [-0.2, -0.15) is 0 Å². The lowest BCUT2D eigenvalue weighted by molar-refractivity contribution is -0.135. The molecule has 0 saturated carbocycles. The number of aliphatic carboxylic acids is 1. The minimum absolute atomic E-state index is 0.0148. The number of para-hydroxylation sites is 1. The summed E-state index contributed by atoms with van der Waals surface area (Å²) < 4.78 is 0. The third-order valence-corrected chi connectivity index (χ3v) is 3.58. The van der Waals surface area contributed by atoms with Crippen molar-refractivity contribution in [3.05, 3.63) is 52.2 Å². The molecule has 0 atom stereocenters. The highest BCUT2D eigenvalue weighted by molar-refractivity contribution is 7.11. The zero-order valence-corrected chi connectivity index (χ0v) is 11.0. The van der Waals surface area contributed by atoms with Gasteiger partial charge in [0.25, 0.3) is 0 Å². The average molecular weight is 261 g/mol. The summed E-state index contributed by atoms with van der Waals surface area (Å²) in [6.45, 7) is 2.70. The normalized spacial score (nSPS) is 10.3. The summed E-state index contributed by atoms with van der Waals surface area (Å²) in [5, 5.41) is 8.99. The number of carboxylic acids is 1. The molecule has 0 unspecified atom stereocenters. The van der Waals surface area contributed by atoms with Gasteiger partial charge in [0.2, 0.25) is 0 Å². The molecule has 18 heavy (non-hydrogen) atoms. The van der Waals surface area contributed by atoms with Gasteiger partial charge in [-0.3, -0.25) is 4.79 Å². The predicted molar refractivity (Wildman–Crippen MR) is 74.2 cm³/mol. The molecule has 2 rings (SSSR count). The number of carbonyl (C=O) groups is 1. The smallest absolute Gasteiger partial charge is 0.323 e. The minimum atomic E-state index is -0.813. The molecule has 0 aliphatic carbocycles. The molecule has 1 aromatic carbocycles. The Labute approximate surface area is 110 Å². The molecule has 0 radical (unpaired) electrons. The fourth-order valence-electron chi connectivity index (χ4n) is 1.80. The summed E-state index contributed by atoms with van der Waals surface area (Å²) in [6.07, 6.45) is 0. The molecule has 1 heterocycles. The van der Waals surface area contributed by atoms with Crippen molar-refractivity contribution in [2.24, 2.45) is 0 Å². The zero-order valence-electron chi connectivity index (χ0n) is 10.2. The van der Waals surface area contributed by atoms with Crippen molar-refractivity contribution in [2.45, 2.75) is 13.5 Å². The second kappa shape index (κ2) is 5.69. The van der Waals surface area contributed by atoms with E-state index in [1.807, 2.05) is 35.2 Å². The Morgan fingerprint density at radius 2 is 1.94 bits per heavy atom. The maximum absolute atomic E-state index is 10.9. The Hall–Kier alpha value is -1.81. The Balaban J connectivity index is 2.18. The van der Waals surface area contributed by atoms with E-state index < -0.39 is 5.97 Å². The first-order valence-corrected chi connectivity index (χ1v) is 6.54. The Bertz CT molecular complexity index is 522.